The van der Waals surface area contributed by atoms with Crippen LogP contribution in [0.1, 0.15) is 206 Å². The second kappa shape index (κ2) is 40.7. The average Bonchev–Trinajstić information content (AvgIpc) is 3.41. The summed E-state index contributed by atoms with van der Waals surface area (Å²) in [4.78, 5) is 13.2. The number of aliphatic hydroxyl groups is 11. The van der Waals surface area contributed by atoms with E-state index in [0.29, 0.717) is 6.42 Å². The lowest BCUT2D eigenvalue weighted by Crippen LogP contribution is -2.66. The molecule has 3 rings (SSSR count). The monoisotopic (exact) mass is 1080 g/mol. The Bertz CT molecular complexity index is 1430. The minimum atomic E-state index is -1.97. The highest BCUT2D eigenvalue weighted by atomic mass is 16.8. The van der Waals surface area contributed by atoms with Crippen molar-refractivity contribution in [1.29, 1.82) is 0 Å². The van der Waals surface area contributed by atoms with E-state index < -0.39 is 124 Å². The number of hydrogen-bond acceptors (Lipinski definition) is 18. The van der Waals surface area contributed by atoms with E-state index in [2.05, 4.69) is 19.2 Å². The smallest absolute Gasteiger partial charge is 0.220 e. The maximum atomic E-state index is 13.2. The van der Waals surface area contributed by atoms with E-state index in [1.165, 1.54) is 135 Å². The van der Waals surface area contributed by atoms with Crippen LogP contribution in [0.2, 0.25) is 0 Å². The van der Waals surface area contributed by atoms with Crippen molar-refractivity contribution in [2.75, 3.05) is 26.4 Å². The number of unbranched alkanes of at least 4 members (excludes halogenated alkanes) is 27. The van der Waals surface area contributed by atoms with Crippen LogP contribution in [-0.2, 0) is 33.2 Å². The molecule has 0 spiro atoms. The van der Waals surface area contributed by atoms with Gasteiger partial charge in [-0.05, 0) is 19.3 Å². The van der Waals surface area contributed by atoms with Crippen LogP contribution in [0.3, 0.4) is 0 Å². The number of rotatable bonds is 43. The van der Waals surface area contributed by atoms with E-state index in [4.69, 9.17) is 28.4 Å². The zero-order chi connectivity index (χ0) is 54.8. The summed E-state index contributed by atoms with van der Waals surface area (Å²) in [5.74, 6) is -0.277. The van der Waals surface area contributed by atoms with E-state index in [1.54, 1.807) is 6.08 Å². The molecule has 3 aliphatic rings. The lowest BCUT2D eigenvalue weighted by Gasteiger charge is -2.48. The van der Waals surface area contributed by atoms with Gasteiger partial charge in [0.15, 0.2) is 18.9 Å². The van der Waals surface area contributed by atoms with Crippen LogP contribution in [0.15, 0.2) is 12.2 Å². The summed E-state index contributed by atoms with van der Waals surface area (Å²) in [5.41, 5.74) is 0. The first kappa shape index (κ1) is 67.8. The predicted molar refractivity (Wildman–Crippen MR) is 282 cm³/mol. The maximum Gasteiger partial charge on any atom is 0.220 e. The molecule has 0 aliphatic carbocycles. The van der Waals surface area contributed by atoms with Crippen LogP contribution < -0.4 is 5.32 Å². The molecule has 442 valence electrons. The van der Waals surface area contributed by atoms with Gasteiger partial charge in [0.1, 0.15) is 73.2 Å². The molecule has 3 saturated heterocycles. The summed E-state index contributed by atoms with van der Waals surface area (Å²) in [7, 11) is 0. The van der Waals surface area contributed by atoms with Crippen molar-refractivity contribution in [3.05, 3.63) is 12.2 Å². The Hall–Kier alpha value is -1.47. The van der Waals surface area contributed by atoms with Crippen molar-refractivity contribution in [2.24, 2.45) is 0 Å². The van der Waals surface area contributed by atoms with Gasteiger partial charge in [-0.3, -0.25) is 4.79 Å². The number of amides is 1. The Morgan fingerprint density at radius 3 is 1.25 bits per heavy atom. The summed E-state index contributed by atoms with van der Waals surface area (Å²) < 4.78 is 34.2. The van der Waals surface area contributed by atoms with Gasteiger partial charge >= 0.3 is 0 Å². The van der Waals surface area contributed by atoms with Crippen LogP contribution in [0.5, 0.6) is 0 Å². The Balaban J connectivity index is 1.50. The Morgan fingerprint density at radius 1 is 0.467 bits per heavy atom. The minimum Gasteiger partial charge on any atom is -0.394 e. The summed E-state index contributed by atoms with van der Waals surface area (Å²) in [6.07, 6.45) is 12.1. The van der Waals surface area contributed by atoms with Gasteiger partial charge in [-0.15, -0.1) is 0 Å². The highest BCUT2D eigenvalue weighted by molar-refractivity contribution is 5.76. The molecule has 0 aromatic heterocycles. The number of nitrogens with one attached hydrogen (secondary N) is 1. The van der Waals surface area contributed by atoms with Gasteiger partial charge in [-0.25, -0.2) is 0 Å². The topological polar surface area (TPSA) is 307 Å². The highest BCUT2D eigenvalue weighted by Gasteiger charge is 2.53. The van der Waals surface area contributed by atoms with Gasteiger partial charge in [-0.2, -0.15) is 0 Å². The average molecular weight is 1080 g/mol. The zero-order valence-electron chi connectivity index (χ0n) is 45.8. The van der Waals surface area contributed by atoms with E-state index in [9.17, 15) is 61.0 Å². The number of allylic oxidation sites excluding steroid dienone is 1. The fraction of sp³-hybridized carbons (Fsp3) is 0.946. The molecule has 3 fully saturated rings. The van der Waals surface area contributed by atoms with Gasteiger partial charge in [0.2, 0.25) is 5.91 Å². The Labute approximate surface area is 448 Å². The third-order valence-corrected chi connectivity index (χ3v) is 15.1. The summed E-state index contributed by atoms with van der Waals surface area (Å²) >= 11 is 0. The SMILES string of the molecule is CCCCCCCCCCCCCCCCCCCC/C=C/C(O)C(COC1OC(CO)C(OC2OC(CO)C(OC3OC(CO)C(O)C(O)C3O)C(O)C2O)C(O)C1O)NC(=O)CCCCCCCCCCCC. The van der Waals surface area contributed by atoms with E-state index in [1.807, 2.05) is 6.08 Å². The maximum absolute atomic E-state index is 13.2. The molecule has 17 unspecified atom stereocenters. The fourth-order valence-electron chi connectivity index (χ4n) is 10.2. The molecule has 19 heteroatoms. The molecule has 3 aliphatic heterocycles. The van der Waals surface area contributed by atoms with Crippen LogP contribution in [0, 0.1) is 0 Å². The lowest BCUT2D eigenvalue weighted by atomic mass is 9.96. The van der Waals surface area contributed by atoms with Crippen LogP contribution in [-0.4, -0.2) is 193 Å². The largest absolute Gasteiger partial charge is 0.394 e. The zero-order valence-corrected chi connectivity index (χ0v) is 45.8. The third kappa shape index (κ3) is 25.3. The molecule has 17 atom stereocenters. The highest BCUT2D eigenvalue weighted by Crippen LogP contribution is 2.33. The fourth-order valence-corrected chi connectivity index (χ4v) is 10.2. The second-order valence-corrected chi connectivity index (χ2v) is 21.5. The molecule has 0 aromatic rings. The first-order valence-electron chi connectivity index (χ1n) is 29.4. The normalized spacial score (nSPS) is 31.2. The van der Waals surface area contributed by atoms with E-state index in [0.717, 1.165) is 44.9 Å². The van der Waals surface area contributed by atoms with Gasteiger partial charge in [0.25, 0.3) is 0 Å². The Morgan fingerprint density at radius 2 is 0.827 bits per heavy atom. The van der Waals surface area contributed by atoms with Crippen molar-refractivity contribution in [3.8, 4) is 0 Å². The molecule has 1 amide bonds. The molecule has 0 aromatic carbocycles. The summed E-state index contributed by atoms with van der Waals surface area (Å²) in [6, 6.07) is -0.965. The van der Waals surface area contributed by atoms with Crippen molar-refractivity contribution in [3.63, 3.8) is 0 Å². The first-order chi connectivity index (χ1) is 36.3. The van der Waals surface area contributed by atoms with Gasteiger partial charge in [-0.1, -0.05) is 193 Å². The van der Waals surface area contributed by atoms with Gasteiger partial charge < -0.3 is 89.9 Å². The standard InChI is InChI=1S/C56H105NO18/c1-3-5-7-9-11-13-15-16-17-18-19-20-21-22-23-24-25-27-29-31-33-40(61)39(57-44(62)34-32-30-28-26-14-12-10-8-6-4-2)38-70-54-50(68)47(65)52(42(36-59)72-54)75-56-51(69)48(66)53(43(37-60)73-56)74-55-49(67)46(64)45(63)41(35-58)71-55/h31,33,39-43,45-56,58-61,63-69H,3-30,32,34-38H2,1-2H3,(H,57,62)/b33-31+. The molecule has 3 heterocycles. The number of ether oxygens (including phenoxy) is 6. The lowest BCUT2D eigenvalue weighted by molar-refractivity contribution is -0.379. The van der Waals surface area contributed by atoms with Crippen molar-refractivity contribution in [2.45, 2.75) is 311 Å². The molecular weight excluding hydrogens is 975 g/mol. The van der Waals surface area contributed by atoms with E-state index >= 15 is 0 Å². The van der Waals surface area contributed by atoms with Crippen LogP contribution in [0.4, 0.5) is 0 Å². The molecule has 75 heavy (non-hydrogen) atoms. The molecule has 19 nitrogen and oxygen atoms in total. The van der Waals surface area contributed by atoms with Crippen LogP contribution in [0.25, 0.3) is 0 Å². The minimum absolute atomic E-state index is 0.247. The number of carbonyl (C=O) groups excluding carboxylic acids is 1. The number of hydrogen-bond donors (Lipinski definition) is 12. The van der Waals surface area contributed by atoms with Crippen molar-refractivity contribution >= 4 is 5.91 Å². The summed E-state index contributed by atoms with van der Waals surface area (Å²) in [6.45, 7) is 1.70. The van der Waals surface area contributed by atoms with Crippen molar-refractivity contribution < 1.29 is 89.4 Å². The number of carbonyl (C=O) groups is 1. The second-order valence-electron chi connectivity index (χ2n) is 21.5. The van der Waals surface area contributed by atoms with Gasteiger partial charge in [0.05, 0.1) is 38.6 Å². The molecule has 12 N–H and O–H groups in total. The Kier molecular flexibility index (Phi) is 36.8. The van der Waals surface area contributed by atoms with Crippen LogP contribution >= 0.6 is 0 Å². The molecule has 0 radical (unpaired) electrons. The molecule has 0 bridgehead atoms. The summed E-state index contributed by atoms with van der Waals surface area (Å²) in [5, 5.41) is 120. The van der Waals surface area contributed by atoms with Crippen molar-refractivity contribution in [1.82, 2.24) is 5.32 Å². The first-order valence-corrected chi connectivity index (χ1v) is 29.4. The van der Waals surface area contributed by atoms with E-state index in [-0.39, 0.29) is 18.9 Å². The molecular formula is C56H105NO18. The number of aliphatic hydroxyl groups excluding tert-OH is 11. The van der Waals surface area contributed by atoms with Gasteiger partial charge in [0, 0.05) is 6.42 Å². The predicted octanol–water partition coefficient (Wildman–Crippen LogP) is 4.60. The quantitative estimate of drug-likeness (QED) is 0.0293. The third-order valence-electron chi connectivity index (χ3n) is 15.1. The molecule has 0 saturated carbocycles.